The third-order valence-electron chi connectivity index (χ3n) is 9.93. The smallest absolute Gasteiger partial charge is 0.423 e. The molecule has 6 unspecified atom stereocenters. The van der Waals surface area contributed by atoms with Crippen molar-refractivity contribution >= 4 is 93.5 Å². The van der Waals surface area contributed by atoms with Gasteiger partial charge < -0.3 is 18.9 Å². The molecule has 2 aliphatic rings. The Bertz CT molecular complexity index is 1460. The van der Waals surface area contributed by atoms with Crippen molar-refractivity contribution in [1.29, 1.82) is 0 Å². The first-order valence-electron chi connectivity index (χ1n) is 15.7. The van der Waals surface area contributed by atoms with Crippen LogP contribution in [0.5, 0.6) is 11.5 Å². The van der Waals surface area contributed by atoms with E-state index in [9.17, 15) is 19.2 Å². The number of hydrogen-bond donors (Lipinski definition) is 0. The molecule has 14 heteroatoms. The van der Waals surface area contributed by atoms with Crippen LogP contribution < -0.4 is 9.47 Å². The van der Waals surface area contributed by atoms with Gasteiger partial charge in [0.15, 0.2) is 11.5 Å². The third kappa shape index (κ3) is 8.85. The number of benzene rings is 2. The molecule has 2 aliphatic carbocycles. The Morgan fingerprint density at radius 3 is 1.25 bits per heavy atom. The molecule has 2 saturated carbocycles. The van der Waals surface area contributed by atoms with Crippen LogP contribution in [0.25, 0.3) is 0 Å². The minimum Gasteiger partial charge on any atom is -0.462 e. The van der Waals surface area contributed by atoms with E-state index in [0.29, 0.717) is 48.3 Å². The standard InChI is InChI=1S/C34H36Cl6O8/c1-15-5-7-19(17(15)3)9-11-45-31(41)25-27(39)21(35)13-23(37)29(25)47-33(43)34(44)48-30-24(38)14-22(36)28(40)26(30)32(42)46-12-10-20-8-6-16(2)18(20)4/h13-20H,5-12H2,1-4H3. The van der Waals surface area contributed by atoms with Crippen LogP contribution in [0.15, 0.2) is 12.1 Å². The lowest BCUT2D eigenvalue weighted by atomic mass is 9.90. The van der Waals surface area contributed by atoms with Crippen LogP contribution in [0, 0.1) is 35.5 Å². The van der Waals surface area contributed by atoms with E-state index in [-0.39, 0.29) is 43.3 Å². The van der Waals surface area contributed by atoms with Crippen LogP contribution in [0.3, 0.4) is 0 Å². The molecule has 0 aromatic heterocycles. The molecule has 0 bridgehead atoms. The highest BCUT2D eigenvalue weighted by Crippen LogP contribution is 2.43. The van der Waals surface area contributed by atoms with E-state index < -0.39 is 46.5 Å². The van der Waals surface area contributed by atoms with E-state index in [2.05, 4.69) is 27.7 Å². The van der Waals surface area contributed by atoms with Gasteiger partial charge in [-0.3, -0.25) is 0 Å². The summed E-state index contributed by atoms with van der Waals surface area (Å²) in [5, 5.41) is -1.45. The van der Waals surface area contributed by atoms with Gasteiger partial charge in [0, 0.05) is 0 Å². The van der Waals surface area contributed by atoms with E-state index in [1.54, 1.807) is 0 Å². The Hall–Kier alpha value is -1.94. The molecular weight excluding hydrogens is 749 g/mol. The van der Waals surface area contributed by atoms with Gasteiger partial charge >= 0.3 is 23.9 Å². The van der Waals surface area contributed by atoms with Crippen LogP contribution >= 0.6 is 69.6 Å². The van der Waals surface area contributed by atoms with Crippen molar-refractivity contribution in [1.82, 2.24) is 0 Å². The maximum absolute atomic E-state index is 13.2. The summed E-state index contributed by atoms with van der Waals surface area (Å²) in [6, 6.07) is 2.27. The second kappa shape index (κ2) is 16.8. The molecule has 0 radical (unpaired) electrons. The van der Waals surface area contributed by atoms with Crippen molar-refractivity contribution < 1.29 is 38.1 Å². The molecular formula is C34H36Cl6O8. The van der Waals surface area contributed by atoms with E-state index in [0.717, 1.165) is 37.8 Å². The molecule has 2 aromatic rings. The number of hydrogen-bond acceptors (Lipinski definition) is 8. The molecule has 2 fully saturated rings. The quantitative estimate of drug-likeness (QED) is 0.101. The van der Waals surface area contributed by atoms with Crippen LogP contribution in [0.4, 0.5) is 0 Å². The molecule has 48 heavy (non-hydrogen) atoms. The highest BCUT2D eigenvalue weighted by Gasteiger charge is 2.34. The summed E-state index contributed by atoms with van der Waals surface area (Å²) in [7, 11) is 0. The first kappa shape index (κ1) is 38.9. The number of halogens is 6. The summed E-state index contributed by atoms with van der Waals surface area (Å²) >= 11 is 37.5. The van der Waals surface area contributed by atoms with Gasteiger partial charge in [0.05, 0.1) is 43.3 Å². The van der Waals surface area contributed by atoms with Crippen LogP contribution in [0.1, 0.15) is 86.9 Å². The highest BCUT2D eigenvalue weighted by atomic mass is 35.5. The molecule has 6 atom stereocenters. The monoisotopic (exact) mass is 782 g/mol. The zero-order chi connectivity index (χ0) is 35.4. The fourth-order valence-electron chi connectivity index (χ4n) is 6.49. The Kier molecular flexibility index (Phi) is 13.6. The molecule has 4 rings (SSSR count). The lowest BCUT2D eigenvalue weighted by Gasteiger charge is -2.19. The van der Waals surface area contributed by atoms with E-state index in [4.69, 9.17) is 88.6 Å². The van der Waals surface area contributed by atoms with Gasteiger partial charge in [0.25, 0.3) is 0 Å². The first-order chi connectivity index (χ1) is 22.6. The number of carbonyl (C=O) groups excluding carboxylic acids is 4. The molecule has 2 aromatic carbocycles. The second-order valence-electron chi connectivity index (χ2n) is 12.7. The summed E-state index contributed by atoms with van der Waals surface area (Å²) in [5.74, 6) is -3.46. The fraction of sp³-hybridized carbons (Fsp3) is 0.529. The maximum Gasteiger partial charge on any atom is 0.423 e. The summed E-state index contributed by atoms with van der Waals surface area (Å²) in [6.07, 6.45) is 5.49. The second-order valence-corrected chi connectivity index (χ2v) is 15.1. The average Bonchev–Trinajstić information content (AvgIpc) is 3.52. The van der Waals surface area contributed by atoms with Gasteiger partial charge in [-0.2, -0.15) is 0 Å². The normalized spacial score (nSPS) is 23.5. The Balaban J connectivity index is 1.48. The number of ether oxygens (including phenoxy) is 4. The lowest BCUT2D eigenvalue weighted by Crippen LogP contribution is -2.27. The molecule has 0 N–H and O–H groups in total. The van der Waals surface area contributed by atoms with E-state index in [1.165, 1.54) is 0 Å². The SMILES string of the molecule is CC1CCC(CCOC(=O)c2c(Cl)c(Cl)cc(Cl)c2OC(=O)C(=O)Oc2c(Cl)cc(Cl)c(Cl)c2C(=O)OCCC2CCC(C)C2C)C1C. The summed E-state index contributed by atoms with van der Waals surface area (Å²) in [4.78, 5) is 52.4. The molecule has 0 saturated heterocycles. The van der Waals surface area contributed by atoms with Gasteiger partial charge in [-0.1, -0.05) is 110 Å². The van der Waals surface area contributed by atoms with Crippen molar-refractivity contribution in [2.45, 2.75) is 66.2 Å². The van der Waals surface area contributed by atoms with Crippen molar-refractivity contribution in [3.8, 4) is 11.5 Å². The zero-order valence-electron chi connectivity index (χ0n) is 26.8. The van der Waals surface area contributed by atoms with Crippen LogP contribution in [-0.2, 0) is 19.1 Å². The Labute approximate surface area is 309 Å². The highest BCUT2D eigenvalue weighted by molar-refractivity contribution is 6.47. The van der Waals surface area contributed by atoms with Gasteiger partial charge in [0.2, 0.25) is 0 Å². The summed E-state index contributed by atoms with van der Waals surface area (Å²) < 4.78 is 21.3. The molecule has 0 spiro atoms. The first-order valence-corrected chi connectivity index (χ1v) is 18.0. The Morgan fingerprint density at radius 2 is 0.938 bits per heavy atom. The minimum absolute atomic E-state index is 0.0734. The van der Waals surface area contributed by atoms with Crippen molar-refractivity contribution in [2.24, 2.45) is 35.5 Å². The summed E-state index contributed by atoms with van der Waals surface area (Å²) in [6.45, 7) is 8.87. The van der Waals surface area contributed by atoms with Gasteiger partial charge in [-0.05, 0) is 73.3 Å². The molecule has 0 aliphatic heterocycles. The van der Waals surface area contributed by atoms with Crippen molar-refractivity contribution in [3.05, 3.63) is 53.4 Å². The van der Waals surface area contributed by atoms with Gasteiger partial charge in [0.1, 0.15) is 11.1 Å². The van der Waals surface area contributed by atoms with E-state index in [1.807, 2.05) is 0 Å². The van der Waals surface area contributed by atoms with Gasteiger partial charge in [-0.25, -0.2) is 19.2 Å². The van der Waals surface area contributed by atoms with Crippen molar-refractivity contribution in [3.63, 3.8) is 0 Å². The fourth-order valence-corrected chi connectivity index (χ4v) is 7.93. The Morgan fingerprint density at radius 1 is 0.583 bits per heavy atom. The number of carbonyl (C=O) groups is 4. The minimum atomic E-state index is -1.64. The lowest BCUT2D eigenvalue weighted by molar-refractivity contribution is -0.156. The molecule has 0 heterocycles. The summed E-state index contributed by atoms with van der Waals surface area (Å²) in [5.41, 5.74) is -0.906. The van der Waals surface area contributed by atoms with E-state index >= 15 is 0 Å². The van der Waals surface area contributed by atoms with Crippen molar-refractivity contribution in [2.75, 3.05) is 13.2 Å². The number of rotatable bonds is 10. The topological polar surface area (TPSA) is 105 Å². The molecule has 262 valence electrons. The maximum atomic E-state index is 13.2. The molecule has 8 nitrogen and oxygen atoms in total. The van der Waals surface area contributed by atoms with Crippen LogP contribution in [0.2, 0.25) is 30.1 Å². The zero-order valence-corrected chi connectivity index (χ0v) is 31.3. The van der Waals surface area contributed by atoms with Gasteiger partial charge in [-0.15, -0.1) is 0 Å². The molecule has 0 amide bonds. The third-order valence-corrected chi connectivity index (χ3v) is 12.1. The predicted molar refractivity (Wildman–Crippen MR) is 186 cm³/mol. The number of esters is 4. The van der Waals surface area contributed by atoms with Crippen LogP contribution in [-0.4, -0.2) is 37.1 Å². The largest absolute Gasteiger partial charge is 0.462 e. The predicted octanol–water partition coefficient (Wildman–Crippen LogP) is 10.6. The average molecular weight is 785 g/mol.